The summed E-state index contributed by atoms with van der Waals surface area (Å²) in [5.41, 5.74) is 12.6. The van der Waals surface area contributed by atoms with Crippen molar-refractivity contribution in [3.05, 3.63) is 82.1 Å². The zero-order valence-corrected chi connectivity index (χ0v) is 18.0. The number of phenolic OH excluding ortho intramolecular Hbond substituents is 1. The summed E-state index contributed by atoms with van der Waals surface area (Å²) in [6.45, 7) is 0. The lowest BCUT2D eigenvalue weighted by atomic mass is 10.1. The third kappa shape index (κ3) is 7.45. The van der Waals surface area contributed by atoms with E-state index in [4.69, 9.17) is 51.4 Å². The first-order valence-corrected chi connectivity index (χ1v) is 9.58. The molecule has 31 heavy (non-hydrogen) atoms. The number of carbonyl (C=O) groups is 1. The molecule has 1 aromatic heterocycles. The third-order valence-corrected chi connectivity index (χ3v) is 4.15. The van der Waals surface area contributed by atoms with Gasteiger partial charge in [0.05, 0.1) is 5.56 Å². The lowest BCUT2D eigenvalue weighted by Crippen LogP contribution is -1.95. The molecule has 0 aliphatic carbocycles. The van der Waals surface area contributed by atoms with Crippen LogP contribution in [-0.2, 0) is 0 Å². The molecule has 160 valence electrons. The van der Waals surface area contributed by atoms with E-state index < -0.39 is 5.97 Å². The number of rotatable bonds is 1. The maximum Gasteiger partial charge on any atom is 0.335 e. The molecule has 3 aromatic carbocycles. The Morgan fingerprint density at radius 1 is 0.742 bits per heavy atom. The van der Waals surface area contributed by atoms with Gasteiger partial charge in [-0.25, -0.2) is 4.79 Å². The quantitative estimate of drug-likeness (QED) is 0.221. The average Bonchev–Trinajstić information content (AvgIpc) is 2.71. The number of aromatic nitrogens is 3. The first-order valence-electron chi connectivity index (χ1n) is 8.45. The van der Waals surface area contributed by atoms with Crippen molar-refractivity contribution < 1.29 is 15.0 Å². The Kier molecular flexibility index (Phi) is 8.63. The minimum atomic E-state index is -0.931. The van der Waals surface area contributed by atoms with Crippen molar-refractivity contribution in [1.82, 2.24) is 15.0 Å². The summed E-state index contributed by atoms with van der Waals surface area (Å²) in [6, 6.07) is 16.9. The van der Waals surface area contributed by atoms with E-state index in [1.54, 1.807) is 24.3 Å². The van der Waals surface area contributed by atoms with Crippen LogP contribution in [0.3, 0.4) is 0 Å². The van der Waals surface area contributed by atoms with Gasteiger partial charge in [0.15, 0.2) is 0 Å². The van der Waals surface area contributed by atoms with Crippen LogP contribution in [-0.4, -0.2) is 31.1 Å². The number of carboxylic acid groups (broad SMARTS) is 1. The number of hydrogen-bond acceptors (Lipinski definition) is 7. The molecular formula is C20H16Cl3N5O3. The molecule has 0 radical (unpaired) electrons. The molecule has 4 aromatic rings. The lowest BCUT2D eigenvalue weighted by molar-refractivity contribution is 0.0697. The number of hydrogen-bond donors (Lipinski definition) is 4. The Morgan fingerprint density at radius 2 is 1.23 bits per heavy atom. The molecular weight excluding hydrogens is 465 g/mol. The number of aromatic hydroxyl groups is 1. The predicted molar refractivity (Wildman–Crippen MR) is 123 cm³/mol. The summed E-state index contributed by atoms with van der Waals surface area (Å²) in [5, 5.41) is 19.6. The minimum absolute atomic E-state index is 0.000000000000000444. The maximum absolute atomic E-state index is 10.3. The van der Waals surface area contributed by atoms with Gasteiger partial charge in [0, 0.05) is 22.1 Å². The van der Waals surface area contributed by atoms with E-state index in [-0.39, 0.29) is 27.2 Å². The maximum atomic E-state index is 10.3. The van der Waals surface area contributed by atoms with E-state index in [0.29, 0.717) is 11.4 Å². The fraction of sp³-hybridized carbons (Fsp3) is 0. The van der Waals surface area contributed by atoms with E-state index in [1.165, 1.54) is 12.1 Å². The minimum Gasteiger partial charge on any atom is -0.507 e. The van der Waals surface area contributed by atoms with Crippen LogP contribution in [0.1, 0.15) is 10.4 Å². The van der Waals surface area contributed by atoms with E-state index in [9.17, 15) is 9.90 Å². The third-order valence-electron chi connectivity index (χ3n) is 3.65. The Labute approximate surface area is 192 Å². The van der Waals surface area contributed by atoms with Crippen molar-refractivity contribution in [3.8, 4) is 5.75 Å². The van der Waals surface area contributed by atoms with Crippen LogP contribution in [0.5, 0.6) is 5.75 Å². The standard InChI is InChI=1S/C10H9NO.C7H7NO2.C3Cl3N3/c11-9-5-6-10(12)8-4-2-1-3-7(8)9;8-6-3-1-5(2-4-6)7(9)10;4-1-7-2(5)9-3(6)8-1/h1-6,12H,11H2;1-4H,8H2,(H,9,10);. The van der Waals surface area contributed by atoms with Crippen LogP contribution in [0, 0.1) is 0 Å². The summed E-state index contributed by atoms with van der Waals surface area (Å²) in [6.07, 6.45) is 0. The fourth-order valence-corrected chi connectivity index (χ4v) is 2.85. The fourth-order valence-electron chi connectivity index (χ4n) is 2.24. The molecule has 0 saturated heterocycles. The number of halogens is 3. The van der Waals surface area contributed by atoms with Gasteiger partial charge in [-0.3, -0.25) is 0 Å². The normalized spacial score (nSPS) is 9.77. The number of aromatic carboxylic acids is 1. The molecule has 0 saturated carbocycles. The highest BCUT2D eigenvalue weighted by Crippen LogP contribution is 2.28. The van der Waals surface area contributed by atoms with E-state index in [2.05, 4.69) is 15.0 Å². The number of phenols is 1. The number of nitrogen functional groups attached to an aromatic ring is 2. The second-order valence-electron chi connectivity index (χ2n) is 5.79. The van der Waals surface area contributed by atoms with Gasteiger partial charge in [-0.2, -0.15) is 15.0 Å². The highest BCUT2D eigenvalue weighted by Gasteiger charge is 2.00. The molecule has 0 atom stereocenters. The monoisotopic (exact) mass is 479 g/mol. The Hall–Kier alpha value is -3.33. The van der Waals surface area contributed by atoms with Gasteiger partial charge in [-0.1, -0.05) is 24.3 Å². The summed E-state index contributed by atoms with van der Waals surface area (Å²) in [4.78, 5) is 20.6. The SMILES string of the molecule is Clc1nc(Cl)nc(Cl)n1.Nc1ccc(C(=O)O)cc1.Nc1ccc(O)c2ccccc12. The Bertz CT molecular complexity index is 1100. The van der Waals surface area contributed by atoms with E-state index in [0.717, 1.165) is 10.8 Å². The highest BCUT2D eigenvalue weighted by molar-refractivity contribution is 6.33. The van der Waals surface area contributed by atoms with Gasteiger partial charge >= 0.3 is 5.97 Å². The van der Waals surface area contributed by atoms with E-state index in [1.807, 2.05) is 24.3 Å². The van der Waals surface area contributed by atoms with Gasteiger partial charge in [0.1, 0.15) is 5.75 Å². The Morgan fingerprint density at radius 3 is 1.68 bits per heavy atom. The molecule has 11 heteroatoms. The van der Waals surface area contributed by atoms with Gasteiger partial charge in [0.25, 0.3) is 0 Å². The Balaban J connectivity index is 0.000000167. The smallest absolute Gasteiger partial charge is 0.335 e. The molecule has 0 amide bonds. The molecule has 6 N–H and O–H groups in total. The largest absolute Gasteiger partial charge is 0.507 e. The summed E-state index contributed by atoms with van der Waals surface area (Å²) in [7, 11) is 0. The number of fused-ring (bicyclic) bond motifs is 1. The van der Waals surface area contributed by atoms with E-state index >= 15 is 0 Å². The molecule has 0 bridgehead atoms. The van der Waals surface area contributed by atoms with Crippen molar-refractivity contribution in [2.45, 2.75) is 0 Å². The van der Waals surface area contributed by atoms with Crippen molar-refractivity contribution in [3.63, 3.8) is 0 Å². The highest BCUT2D eigenvalue weighted by atomic mass is 35.5. The second-order valence-corrected chi connectivity index (χ2v) is 6.80. The van der Waals surface area contributed by atoms with Gasteiger partial charge in [0.2, 0.25) is 15.9 Å². The van der Waals surface area contributed by atoms with Gasteiger partial charge < -0.3 is 21.7 Å². The van der Waals surface area contributed by atoms with Crippen LogP contribution in [0.25, 0.3) is 10.8 Å². The first kappa shape index (κ1) is 23.9. The summed E-state index contributed by atoms with van der Waals surface area (Å²) >= 11 is 16.0. The number of nitrogens with two attached hydrogens (primary N) is 2. The molecule has 1 heterocycles. The first-order chi connectivity index (χ1) is 14.7. The average molecular weight is 481 g/mol. The molecule has 0 aliphatic heterocycles. The van der Waals surface area contributed by atoms with Crippen LogP contribution in [0.4, 0.5) is 11.4 Å². The lowest BCUT2D eigenvalue weighted by Gasteiger charge is -2.02. The molecule has 0 fully saturated rings. The molecule has 0 aliphatic rings. The van der Waals surface area contributed by atoms with Crippen molar-refractivity contribution in [2.75, 3.05) is 11.5 Å². The van der Waals surface area contributed by atoms with Crippen LogP contribution in [0.2, 0.25) is 15.9 Å². The zero-order chi connectivity index (χ0) is 23.0. The number of carboxylic acids is 1. The van der Waals surface area contributed by atoms with Crippen molar-refractivity contribution in [1.29, 1.82) is 0 Å². The topological polar surface area (TPSA) is 148 Å². The molecule has 8 nitrogen and oxygen atoms in total. The molecule has 0 unspecified atom stereocenters. The summed E-state index contributed by atoms with van der Waals surface area (Å²) < 4.78 is 0. The van der Waals surface area contributed by atoms with Crippen molar-refractivity contribution in [2.24, 2.45) is 0 Å². The van der Waals surface area contributed by atoms with Crippen LogP contribution in [0.15, 0.2) is 60.7 Å². The number of nitrogens with zero attached hydrogens (tertiary/aromatic N) is 3. The zero-order valence-electron chi connectivity index (χ0n) is 15.7. The number of benzene rings is 3. The molecule has 0 spiro atoms. The number of anilines is 2. The second kappa shape index (κ2) is 11.2. The van der Waals surface area contributed by atoms with Crippen LogP contribution < -0.4 is 11.5 Å². The van der Waals surface area contributed by atoms with Crippen molar-refractivity contribution >= 4 is 62.9 Å². The molecule has 4 rings (SSSR count). The van der Waals surface area contributed by atoms with Gasteiger partial charge in [-0.15, -0.1) is 0 Å². The summed E-state index contributed by atoms with van der Waals surface area (Å²) in [5.74, 6) is -0.653. The van der Waals surface area contributed by atoms with Gasteiger partial charge in [-0.05, 0) is 71.2 Å². The predicted octanol–water partition coefficient (Wildman–Crippen LogP) is 4.93. The van der Waals surface area contributed by atoms with Crippen LogP contribution >= 0.6 is 34.8 Å².